The maximum absolute atomic E-state index is 12.5. The first-order chi connectivity index (χ1) is 10.8. The lowest BCUT2D eigenvalue weighted by atomic mass is 10.1. The minimum absolute atomic E-state index is 0.189. The topological polar surface area (TPSA) is 79.5 Å². The molecule has 0 atom stereocenters. The average molecular weight is 400 g/mol. The number of halogens is 1. The van der Waals surface area contributed by atoms with E-state index in [1.807, 2.05) is 18.2 Å². The van der Waals surface area contributed by atoms with Crippen molar-refractivity contribution in [2.24, 2.45) is 5.92 Å². The largest absolute Gasteiger partial charge is 0.329 e. The molecule has 0 bridgehead atoms. The SMILES string of the molecule is O=c1cc(CP(=O)(O)O)c2ccc(Br)cc2n1CC1CCCC1. The Hall–Kier alpha value is -0.940. The number of rotatable bonds is 4. The molecule has 7 heteroatoms. The van der Waals surface area contributed by atoms with Crippen molar-refractivity contribution < 1.29 is 14.4 Å². The molecule has 1 saturated carbocycles. The number of pyridine rings is 1. The van der Waals surface area contributed by atoms with E-state index in [0.717, 1.165) is 28.2 Å². The van der Waals surface area contributed by atoms with Crippen LogP contribution in [0.4, 0.5) is 0 Å². The maximum atomic E-state index is 12.5. The Morgan fingerprint density at radius 2 is 1.91 bits per heavy atom. The molecule has 1 fully saturated rings. The highest BCUT2D eigenvalue weighted by Crippen LogP contribution is 2.40. The molecule has 0 unspecified atom stereocenters. The number of fused-ring (bicyclic) bond motifs is 1. The van der Waals surface area contributed by atoms with E-state index in [1.165, 1.54) is 18.9 Å². The lowest BCUT2D eigenvalue weighted by molar-refractivity contribution is 0.372. The normalized spacial score (nSPS) is 16.3. The van der Waals surface area contributed by atoms with Crippen molar-refractivity contribution in [3.8, 4) is 0 Å². The van der Waals surface area contributed by atoms with Crippen LogP contribution in [0.5, 0.6) is 0 Å². The van der Waals surface area contributed by atoms with Gasteiger partial charge in [0, 0.05) is 22.5 Å². The molecule has 3 rings (SSSR count). The first-order valence-corrected chi connectivity index (χ1v) is 10.3. The van der Waals surface area contributed by atoms with Crippen molar-refractivity contribution in [1.82, 2.24) is 4.57 Å². The fourth-order valence-electron chi connectivity index (χ4n) is 3.42. The Kier molecular flexibility index (Phi) is 4.79. The van der Waals surface area contributed by atoms with Crippen molar-refractivity contribution in [2.75, 3.05) is 0 Å². The summed E-state index contributed by atoms with van der Waals surface area (Å²) in [4.78, 5) is 31.1. The van der Waals surface area contributed by atoms with Gasteiger partial charge in [-0.25, -0.2) is 0 Å². The van der Waals surface area contributed by atoms with E-state index in [-0.39, 0.29) is 5.56 Å². The number of hydrogen-bond donors (Lipinski definition) is 2. The molecular formula is C16H19BrNO4P. The molecule has 5 nitrogen and oxygen atoms in total. The molecule has 23 heavy (non-hydrogen) atoms. The summed E-state index contributed by atoms with van der Waals surface area (Å²) in [5.41, 5.74) is 0.960. The lowest BCUT2D eigenvalue weighted by Gasteiger charge is -2.17. The van der Waals surface area contributed by atoms with Crippen LogP contribution in [-0.2, 0) is 17.3 Å². The van der Waals surface area contributed by atoms with Gasteiger partial charge in [-0.3, -0.25) is 9.36 Å². The van der Waals surface area contributed by atoms with Gasteiger partial charge in [-0.05, 0) is 36.5 Å². The van der Waals surface area contributed by atoms with Gasteiger partial charge in [0.2, 0.25) is 0 Å². The molecule has 0 spiro atoms. The van der Waals surface area contributed by atoms with E-state index in [9.17, 15) is 19.1 Å². The quantitative estimate of drug-likeness (QED) is 0.769. The third kappa shape index (κ3) is 3.94. The van der Waals surface area contributed by atoms with E-state index in [2.05, 4.69) is 15.9 Å². The van der Waals surface area contributed by atoms with Crippen LogP contribution < -0.4 is 5.56 Å². The molecule has 0 radical (unpaired) electrons. The number of nitrogens with zero attached hydrogens (tertiary/aromatic N) is 1. The van der Waals surface area contributed by atoms with E-state index in [1.54, 1.807) is 4.57 Å². The summed E-state index contributed by atoms with van der Waals surface area (Å²) in [6, 6.07) is 6.88. The molecule has 1 aromatic heterocycles. The van der Waals surface area contributed by atoms with E-state index >= 15 is 0 Å². The third-order valence-electron chi connectivity index (χ3n) is 4.45. The predicted octanol–water partition coefficient (Wildman–Crippen LogP) is 3.63. The van der Waals surface area contributed by atoms with Crippen molar-refractivity contribution >= 4 is 34.4 Å². The zero-order chi connectivity index (χ0) is 16.6. The van der Waals surface area contributed by atoms with Gasteiger partial charge in [-0.1, -0.05) is 34.8 Å². The zero-order valence-corrected chi connectivity index (χ0v) is 15.1. The second kappa shape index (κ2) is 6.52. The highest BCUT2D eigenvalue weighted by molar-refractivity contribution is 9.10. The van der Waals surface area contributed by atoms with E-state index in [4.69, 9.17) is 0 Å². The number of hydrogen-bond acceptors (Lipinski definition) is 2. The van der Waals surface area contributed by atoms with Crippen LogP contribution in [0.1, 0.15) is 31.2 Å². The summed E-state index contributed by atoms with van der Waals surface area (Å²) in [6.07, 6.45) is 4.26. The molecule has 2 N–H and O–H groups in total. The minimum Gasteiger partial charge on any atom is -0.324 e. The van der Waals surface area contributed by atoms with Gasteiger partial charge in [-0.2, -0.15) is 0 Å². The van der Waals surface area contributed by atoms with Crippen LogP contribution in [0, 0.1) is 5.92 Å². The summed E-state index contributed by atoms with van der Waals surface area (Å²) in [5, 5.41) is 0.731. The highest BCUT2D eigenvalue weighted by Gasteiger charge is 2.21. The second-order valence-electron chi connectivity index (χ2n) is 6.25. The van der Waals surface area contributed by atoms with Gasteiger partial charge in [0.1, 0.15) is 0 Å². The molecule has 0 aliphatic heterocycles. The first kappa shape index (κ1) is 16.9. The van der Waals surface area contributed by atoms with Gasteiger partial charge in [-0.15, -0.1) is 0 Å². The van der Waals surface area contributed by atoms with Gasteiger partial charge in [0.15, 0.2) is 0 Å². The zero-order valence-electron chi connectivity index (χ0n) is 12.6. The summed E-state index contributed by atoms with van der Waals surface area (Å²) < 4.78 is 14.0. The Bertz CT molecular complexity index is 836. The van der Waals surface area contributed by atoms with Crippen LogP contribution >= 0.6 is 23.5 Å². The van der Waals surface area contributed by atoms with Crippen LogP contribution in [-0.4, -0.2) is 14.4 Å². The maximum Gasteiger partial charge on any atom is 0.329 e. The molecule has 1 aliphatic rings. The van der Waals surface area contributed by atoms with Crippen LogP contribution in [0.25, 0.3) is 10.9 Å². The van der Waals surface area contributed by atoms with Crippen molar-refractivity contribution in [1.29, 1.82) is 0 Å². The smallest absolute Gasteiger partial charge is 0.324 e. The molecule has 1 aliphatic carbocycles. The molecule has 2 aromatic rings. The number of benzene rings is 1. The van der Waals surface area contributed by atoms with Crippen LogP contribution in [0.2, 0.25) is 0 Å². The summed E-state index contributed by atoms with van der Waals surface area (Å²) in [7, 11) is -4.23. The molecular weight excluding hydrogens is 381 g/mol. The summed E-state index contributed by atoms with van der Waals surface area (Å²) in [5.74, 6) is 0.502. The molecule has 1 aromatic carbocycles. The fraction of sp³-hybridized carbons (Fsp3) is 0.438. The first-order valence-electron chi connectivity index (χ1n) is 7.70. The average Bonchev–Trinajstić information content (AvgIpc) is 2.94. The van der Waals surface area contributed by atoms with Gasteiger partial charge in [0.05, 0.1) is 11.7 Å². The van der Waals surface area contributed by atoms with Gasteiger partial charge < -0.3 is 14.4 Å². The second-order valence-corrected chi connectivity index (χ2v) is 8.81. The van der Waals surface area contributed by atoms with E-state index in [0.29, 0.717) is 18.0 Å². The lowest BCUT2D eigenvalue weighted by Crippen LogP contribution is -2.24. The Morgan fingerprint density at radius 1 is 1.22 bits per heavy atom. The summed E-state index contributed by atoms with van der Waals surface area (Å²) >= 11 is 3.42. The van der Waals surface area contributed by atoms with Crippen molar-refractivity contribution in [3.05, 3.63) is 44.7 Å². The van der Waals surface area contributed by atoms with Crippen LogP contribution in [0.15, 0.2) is 33.5 Å². The standard InChI is InChI=1S/C16H19BrNO4P/c17-13-5-6-14-12(10-23(20,21)22)7-16(19)18(15(14)8-13)9-11-3-1-2-4-11/h5-8,11H,1-4,9-10H2,(H2,20,21,22). The van der Waals surface area contributed by atoms with Crippen molar-refractivity contribution in [2.45, 2.75) is 38.4 Å². The van der Waals surface area contributed by atoms with Crippen LogP contribution in [0.3, 0.4) is 0 Å². The third-order valence-corrected chi connectivity index (χ3v) is 5.70. The van der Waals surface area contributed by atoms with Crippen molar-refractivity contribution in [3.63, 3.8) is 0 Å². The highest BCUT2D eigenvalue weighted by atomic mass is 79.9. The van der Waals surface area contributed by atoms with Gasteiger partial charge in [0.25, 0.3) is 5.56 Å². The van der Waals surface area contributed by atoms with Gasteiger partial charge >= 0.3 is 7.60 Å². The summed E-state index contributed by atoms with van der Waals surface area (Å²) in [6.45, 7) is 0.669. The Morgan fingerprint density at radius 3 is 2.57 bits per heavy atom. The predicted molar refractivity (Wildman–Crippen MR) is 93.6 cm³/mol. The molecule has 0 saturated heterocycles. The Balaban J connectivity index is 2.14. The Labute approximate surface area is 142 Å². The molecule has 124 valence electrons. The number of aromatic nitrogens is 1. The molecule has 0 amide bonds. The fourth-order valence-corrected chi connectivity index (χ4v) is 4.47. The minimum atomic E-state index is -4.23. The monoisotopic (exact) mass is 399 g/mol. The molecule has 1 heterocycles. The van der Waals surface area contributed by atoms with E-state index < -0.39 is 13.8 Å².